The van der Waals surface area contributed by atoms with Gasteiger partial charge in [0, 0.05) is 33.8 Å². The minimum absolute atomic E-state index is 0.0251. The monoisotopic (exact) mass is 897 g/mol. The number of furan rings is 1. The first-order valence-corrected chi connectivity index (χ1v) is 26.0. The summed E-state index contributed by atoms with van der Waals surface area (Å²) < 4.78 is 6.72. The van der Waals surface area contributed by atoms with E-state index in [0.29, 0.717) is 0 Å². The second kappa shape index (κ2) is 13.8. The summed E-state index contributed by atoms with van der Waals surface area (Å²) in [4.78, 5) is 5.42. The summed E-state index contributed by atoms with van der Waals surface area (Å²) in [6.07, 6.45) is 7.06. The lowest BCUT2D eigenvalue weighted by Crippen LogP contribution is -2.62. The van der Waals surface area contributed by atoms with Crippen LogP contribution in [0.15, 0.2) is 101 Å². The van der Waals surface area contributed by atoms with E-state index in [9.17, 15) is 0 Å². The zero-order chi connectivity index (χ0) is 48.0. The van der Waals surface area contributed by atoms with Crippen LogP contribution in [-0.2, 0) is 37.9 Å². The molecule has 0 unspecified atom stereocenters. The Morgan fingerprint density at radius 2 is 0.882 bits per heavy atom. The van der Waals surface area contributed by atoms with Gasteiger partial charge in [-0.1, -0.05) is 146 Å². The smallest absolute Gasteiger partial charge is 0.252 e. The van der Waals surface area contributed by atoms with Gasteiger partial charge in [-0.2, -0.15) is 0 Å². The second-order valence-electron chi connectivity index (χ2n) is 27.0. The predicted octanol–water partition coefficient (Wildman–Crippen LogP) is 16.0. The number of hydrogen-bond donors (Lipinski definition) is 0. The van der Waals surface area contributed by atoms with Gasteiger partial charge < -0.3 is 14.2 Å². The van der Waals surface area contributed by atoms with Crippen LogP contribution in [0, 0.1) is 0 Å². The summed E-state index contributed by atoms with van der Waals surface area (Å²) in [5.74, 6) is 0. The highest BCUT2D eigenvalue weighted by Gasteiger charge is 2.49. The fraction of sp³-hybridized carbons (Fsp3) is 0.438. The number of rotatable bonds is 2. The van der Waals surface area contributed by atoms with Crippen molar-refractivity contribution < 1.29 is 4.42 Å². The van der Waals surface area contributed by atoms with Gasteiger partial charge in [-0.25, -0.2) is 0 Å². The molecule has 3 aliphatic carbocycles. The Labute approximate surface area is 407 Å². The van der Waals surface area contributed by atoms with Gasteiger partial charge >= 0.3 is 0 Å². The number of benzene rings is 6. The quantitative estimate of drug-likeness (QED) is 0.161. The predicted molar refractivity (Wildman–Crippen MR) is 292 cm³/mol. The van der Waals surface area contributed by atoms with Crippen LogP contribution in [0.5, 0.6) is 0 Å². The van der Waals surface area contributed by atoms with Crippen molar-refractivity contribution in [2.24, 2.45) is 0 Å². The molecule has 348 valence electrons. The number of fused-ring (bicyclic) bond motifs is 10. The molecule has 3 nitrogen and oxygen atoms in total. The van der Waals surface area contributed by atoms with Crippen molar-refractivity contribution in [3.63, 3.8) is 0 Å². The molecule has 2 aliphatic heterocycles. The third-order valence-corrected chi connectivity index (χ3v) is 18.6. The van der Waals surface area contributed by atoms with Crippen LogP contribution in [0.4, 0.5) is 34.1 Å². The Morgan fingerprint density at radius 3 is 1.43 bits per heavy atom. The molecule has 6 aromatic carbocycles. The largest absolute Gasteiger partial charge is 0.456 e. The van der Waals surface area contributed by atoms with Gasteiger partial charge in [0.1, 0.15) is 11.2 Å². The maximum atomic E-state index is 6.72. The molecule has 12 rings (SSSR count). The van der Waals surface area contributed by atoms with Crippen molar-refractivity contribution in [3.8, 4) is 0 Å². The Morgan fingerprint density at radius 1 is 0.426 bits per heavy atom. The zero-order valence-corrected chi connectivity index (χ0v) is 43.9. The molecule has 0 atom stereocenters. The van der Waals surface area contributed by atoms with E-state index < -0.39 is 0 Å². The molecule has 4 heteroatoms. The van der Waals surface area contributed by atoms with Crippen LogP contribution in [-0.4, -0.2) is 6.71 Å². The van der Waals surface area contributed by atoms with Crippen molar-refractivity contribution >= 4 is 79.2 Å². The van der Waals surface area contributed by atoms with Gasteiger partial charge in [0.2, 0.25) is 0 Å². The summed E-state index contributed by atoms with van der Waals surface area (Å²) in [5, 5.41) is 2.33. The second-order valence-corrected chi connectivity index (χ2v) is 27.0. The number of nitrogens with zero attached hydrogens (tertiary/aromatic N) is 2. The van der Waals surface area contributed by atoms with E-state index in [1.165, 1.54) is 127 Å². The lowest BCUT2D eigenvalue weighted by Gasteiger charge is -2.49. The van der Waals surface area contributed by atoms with E-state index in [-0.39, 0.29) is 44.6 Å². The fourth-order valence-electron chi connectivity index (χ4n) is 13.7. The molecule has 0 spiro atoms. The highest BCUT2D eigenvalue weighted by molar-refractivity contribution is 7.00. The molecule has 0 radical (unpaired) electrons. The molecule has 0 fully saturated rings. The highest BCUT2D eigenvalue weighted by atomic mass is 16.3. The molecule has 68 heavy (non-hydrogen) atoms. The first kappa shape index (κ1) is 44.0. The van der Waals surface area contributed by atoms with Crippen LogP contribution in [0.3, 0.4) is 0 Å². The number of hydrogen-bond acceptors (Lipinski definition) is 3. The average molecular weight is 897 g/mol. The molecule has 0 bridgehead atoms. The normalized spacial score (nSPS) is 20.8. The molecule has 0 saturated carbocycles. The van der Waals surface area contributed by atoms with Crippen molar-refractivity contribution in [3.05, 3.63) is 136 Å². The number of para-hydroxylation sites is 1. The first-order chi connectivity index (χ1) is 31.8. The SMILES string of the molecule is CC(C)(C)c1cc2c3c(c1)N(c1cccc4oc5ccccc5c14)c1cc4c(cc1B3c1cc3c(cc1N2c1ccc2c(c1)C(C)(C)CCC2(C)C)C(C)(C)CCC3(C)C)C(C)(C)CCC4(C)C. The Bertz CT molecular complexity index is 3310. The zero-order valence-electron chi connectivity index (χ0n) is 43.9. The van der Waals surface area contributed by atoms with E-state index in [1.54, 1.807) is 0 Å². The van der Waals surface area contributed by atoms with Crippen molar-refractivity contribution in [2.45, 2.75) is 180 Å². The molecular weight excluding hydrogens is 824 g/mol. The van der Waals surface area contributed by atoms with Crippen molar-refractivity contribution in [1.82, 2.24) is 0 Å². The van der Waals surface area contributed by atoms with E-state index in [4.69, 9.17) is 4.42 Å². The van der Waals surface area contributed by atoms with Crippen molar-refractivity contribution in [2.75, 3.05) is 9.80 Å². The van der Waals surface area contributed by atoms with E-state index in [2.05, 4.69) is 211 Å². The van der Waals surface area contributed by atoms with Gasteiger partial charge in [-0.15, -0.1) is 0 Å². The Balaban J connectivity index is 1.26. The van der Waals surface area contributed by atoms with Gasteiger partial charge in [-0.3, -0.25) is 0 Å². The average Bonchev–Trinajstić information content (AvgIpc) is 3.66. The van der Waals surface area contributed by atoms with Crippen LogP contribution >= 0.6 is 0 Å². The third kappa shape index (κ3) is 6.16. The van der Waals surface area contributed by atoms with Crippen LogP contribution in [0.25, 0.3) is 21.9 Å². The molecular formula is C64H73BN2O. The topological polar surface area (TPSA) is 19.6 Å². The minimum Gasteiger partial charge on any atom is -0.456 e. The van der Waals surface area contributed by atoms with Crippen LogP contribution in [0.2, 0.25) is 0 Å². The maximum Gasteiger partial charge on any atom is 0.252 e. The summed E-state index contributed by atoms with van der Waals surface area (Å²) >= 11 is 0. The summed E-state index contributed by atoms with van der Waals surface area (Å²) in [7, 11) is 0. The molecule has 3 heterocycles. The van der Waals surface area contributed by atoms with E-state index in [1.807, 2.05) is 0 Å². The fourth-order valence-corrected chi connectivity index (χ4v) is 13.7. The molecule has 0 amide bonds. The first-order valence-electron chi connectivity index (χ1n) is 26.0. The van der Waals surface area contributed by atoms with Gasteiger partial charge in [0.15, 0.2) is 0 Å². The third-order valence-electron chi connectivity index (χ3n) is 18.6. The maximum absolute atomic E-state index is 6.72. The summed E-state index contributed by atoms with van der Waals surface area (Å²) in [6.45, 7) is 37.1. The molecule has 1 aromatic heterocycles. The molecule has 0 N–H and O–H groups in total. The summed E-state index contributed by atoms with van der Waals surface area (Å²) in [5.41, 5.74) is 24.4. The molecule has 0 saturated heterocycles. The van der Waals surface area contributed by atoms with Gasteiger partial charge in [-0.05, 0) is 186 Å². The molecule has 7 aromatic rings. The summed E-state index contributed by atoms with van der Waals surface area (Å²) in [6, 6.07) is 38.9. The molecule has 5 aliphatic rings. The van der Waals surface area contributed by atoms with E-state index >= 15 is 0 Å². The van der Waals surface area contributed by atoms with Gasteiger partial charge in [0.05, 0.1) is 11.1 Å². The Kier molecular flexibility index (Phi) is 8.91. The van der Waals surface area contributed by atoms with E-state index in [0.717, 1.165) is 23.0 Å². The standard InChI is InChI=1S/C64H73BN2O/c1-58(2,3)38-31-52-57-53(32-38)67(49-20-18-22-55-56(49)40-19-16-17-21-54(40)68-55)51-37-46-44(62(10,11)28-30-64(46,14)15)35-48(51)65(57)47-34-43-45(63(12,13)29-27-61(43,8)9)36-50(47)66(52)39-23-24-41-42(33-39)60(6,7)26-25-59(41,4)5/h16-24,31-37H,25-30H2,1-15H3. The lowest BCUT2D eigenvalue weighted by molar-refractivity contribution is 0.332. The number of anilines is 6. The highest BCUT2D eigenvalue weighted by Crippen LogP contribution is 2.55. The minimum atomic E-state index is -0.126. The van der Waals surface area contributed by atoms with Crippen molar-refractivity contribution in [1.29, 1.82) is 0 Å². The van der Waals surface area contributed by atoms with Crippen LogP contribution in [0.1, 0.15) is 181 Å². The Hall–Kier alpha value is -5.22. The van der Waals surface area contributed by atoms with Crippen LogP contribution < -0.4 is 26.2 Å². The lowest BCUT2D eigenvalue weighted by atomic mass is 9.32. The van der Waals surface area contributed by atoms with Gasteiger partial charge in [0.25, 0.3) is 6.71 Å².